The summed E-state index contributed by atoms with van der Waals surface area (Å²) in [7, 11) is 0. The van der Waals surface area contributed by atoms with Gasteiger partial charge in [-0.1, -0.05) is 0 Å². The second-order valence-electron chi connectivity index (χ2n) is 4.54. The molecule has 0 fully saturated rings. The van der Waals surface area contributed by atoms with Crippen molar-refractivity contribution in [2.45, 2.75) is 13.8 Å². The number of allylic oxidation sites excluding steroid dienone is 4. The zero-order valence-electron chi connectivity index (χ0n) is 11.0. The first kappa shape index (κ1) is 13.7. The number of nitrogens with zero attached hydrogens (tertiary/aromatic N) is 1. The molecule has 2 N–H and O–H groups in total. The molecular weight excluding hydrogens is 260 g/mol. The van der Waals surface area contributed by atoms with Gasteiger partial charge in [-0.25, -0.2) is 0 Å². The maximum Gasteiger partial charge on any atom is 0.273 e. The Morgan fingerprint density at radius 1 is 1.20 bits per heavy atom. The van der Waals surface area contributed by atoms with Crippen LogP contribution < -0.4 is 5.73 Å². The lowest BCUT2D eigenvalue weighted by molar-refractivity contribution is -0.385. The molecule has 0 aliphatic heterocycles. The predicted octanol–water partition coefficient (Wildman–Crippen LogP) is 1.89. The summed E-state index contributed by atoms with van der Waals surface area (Å²) < 4.78 is 0. The highest BCUT2D eigenvalue weighted by Crippen LogP contribution is 2.35. The second-order valence-corrected chi connectivity index (χ2v) is 4.54. The van der Waals surface area contributed by atoms with Crippen LogP contribution in [0.15, 0.2) is 24.3 Å². The van der Waals surface area contributed by atoms with E-state index in [0.29, 0.717) is 5.56 Å². The molecular formula is C14H12N2O4. The summed E-state index contributed by atoms with van der Waals surface area (Å²) in [4.78, 5) is 33.8. The number of rotatable bonds is 2. The Bertz CT molecular complexity index is 714. The number of aryl methyl sites for hydroxylation is 1. The van der Waals surface area contributed by atoms with E-state index in [1.54, 1.807) is 6.92 Å². The SMILES string of the molecule is Cc1cc([N+](=O)[O-])c(C)c(C2=CC(=O)C=CC2=O)c1N. The van der Waals surface area contributed by atoms with Crippen molar-refractivity contribution < 1.29 is 14.5 Å². The minimum Gasteiger partial charge on any atom is -0.398 e. The number of nitrogens with two attached hydrogens (primary N) is 1. The van der Waals surface area contributed by atoms with E-state index in [-0.39, 0.29) is 39.6 Å². The van der Waals surface area contributed by atoms with Crippen molar-refractivity contribution in [3.63, 3.8) is 0 Å². The van der Waals surface area contributed by atoms with Gasteiger partial charge >= 0.3 is 0 Å². The third-order valence-electron chi connectivity index (χ3n) is 3.22. The van der Waals surface area contributed by atoms with Crippen LogP contribution in [-0.4, -0.2) is 16.5 Å². The molecule has 6 nitrogen and oxygen atoms in total. The fourth-order valence-corrected chi connectivity index (χ4v) is 2.16. The molecule has 0 spiro atoms. The molecule has 0 unspecified atom stereocenters. The molecule has 2 rings (SSSR count). The predicted molar refractivity (Wildman–Crippen MR) is 74.1 cm³/mol. The number of hydrogen-bond donors (Lipinski definition) is 1. The molecule has 1 aromatic carbocycles. The molecule has 0 bridgehead atoms. The van der Waals surface area contributed by atoms with Gasteiger partial charge < -0.3 is 5.73 Å². The molecule has 102 valence electrons. The number of nitro groups is 1. The van der Waals surface area contributed by atoms with Crippen LogP contribution in [0.5, 0.6) is 0 Å². The van der Waals surface area contributed by atoms with Crippen molar-refractivity contribution in [1.29, 1.82) is 0 Å². The minimum absolute atomic E-state index is 0.0966. The van der Waals surface area contributed by atoms with Crippen molar-refractivity contribution in [1.82, 2.24) is 0 Å². The molecule has 20 heavy (non-hydrogen) atoms. The topological polar surface area (TPSA) is 103 Å². The van der Waals surface area contributed by atoms with E-state index in [1.807, 2.05) is 0 Å². The number of carbonyl (C=O) groups is 2. The van der Waals surface area contributed by atoms with Gasteiger partial charge in [-0.3, -0.25) is 19.7 Å². The van der Waals surface area contributed by atoms with Gasteiger partial charge in [0.15, 0.2) is 11.6 Å². The monoisotopic (exact) mass is 272 g/mol. The van der Waals surface area contributed by atoms with E-state index in [2.05, 4.69) is 0 Å². The molecule has 0 atom stereocenters. The molecule has 1 aliphatic rings. The molecule has 0 aromatic heterocycles. The van der Waals surface area contributed by atoms with Gasteiger partial charge in [-0.05, 0) is 37.6 Å². The summed E-state index contributed by atoms with van der Waals surface area (Å²) in [6.07, 6.45) is 3.45. The maximum atomic E-state index is 11.9. The number of nitro benzene ring substituents is 1. The highest BCUT2D eigenvalue weighted by atomic mass is 16.6. The Kier molecular flexibility index (Phi) is 3.23. The molecule has 0 saturated carbocycles. The number of ketones is 2. The van der Waals surface area contributed by atoms with E-state index in [4.69, 9.17) is 5.73 Å². The molecule has 0 saturated heterocycles. The summed E-state index contributed by atoms with van der Waals surface area (Å²) >= 11 is 0. The third-order valence-corrected chi connectivity index (χ3v) is 3.22. The fraction of sp³-hybridized carbons (Fsp3) is 0.143. The standard InChI is InChI=1S/C14H12N2O4/c1-7-5-11(16(19)20)8(2)13(14(7)15)10-6-9(17)3-4-12(10)18/h3-6H,15H2,1-2H3. The highest BCUT2D eigenvalue weighted by molar-refractivity contribution is 6.35. The van der Waals surface area contributed by atoms with Crippen LogP contribution in [-0.2, 0) is 9.59 Å². The average Bonchev–Trinajstić information content (AvgIpc) is 2.37. The summed E-state index contributed by atoms with van der Waals surface area (Å²) in [5, 5.41) is 11.0. The van der Waals surface area contributed by atoms with Crippen molar-refractivity contribution >= 4 is 28.5 Å². The van der Waals surface area contributed by atoms with Crippen molar-refractivity contribution in [2.24, 2.45) is 0 Å². The summed E-state index contributed by atoms with van der Waals surface area (Å²) in [6, 6.07) is 1.36. The smallest absolute Gasteiger partial charge is 0.273 e. The molecule has 0 amide bonds. The first-order chi connectivity index (χ1) is 9.32. The van der Waals surface area contributed by atoms with E-state index in [1.165, 1.54) is 13.0 Å². The highest BCUT2D eigenvalue weighted by Gasteiger charge is 2.25. The zero-order chi connectivity index (χ0) is 15.0. The van der Waals surface area contributed by atoms with Gasteiger partial charge in [0.25, 0.3) is 5.69 Å². The largest absolute Gasteiger partial charge is 0.398 e. The maximum absolute atomic E-state index is 11.9. The Balaban J connectivity index is 2.77. The van der Waals surface area contributed by atoms with Crippen LogP contribution in [0.3, 0.4) is 0 Å². The van der Waals surface area contributed by atoms with Gasteiger partial charge in [0.2, 0.25) is 0 Å². The summed E-state index contributed by atoms with van der Waals surface area (Å²) in [5.74, 6) is -0.734. The fourth-order valence-electron chi connectivity index (χ4n) is 2.16. The Labute approximate surface area is 114 Å². The van der Waals surface area contributed by atoms with Crippen LogP contribution in [0.4, 0.5) is 11.4 Å². The number of anilines is 1. The van der Waals surface area contributed by atoms with Crippen molar-refractivity contribution in [3.05, 3.63) is 51.1 Å². The van der Waals surface area contributed by atoms with Crippen LogP contribution >= 0.6 is 0 Å². The first-order valence-electron chi connectivity index (χ1n) is 5.85. The van der Waals surface area contributed by atoms with E-state index in [0.717, 1.165) is 18.2 Å². The van der Waals surface area contributed by atoms with Crippen LogP contribution in [0, 0.1) is 24.0 Å². The normalized spacial score (nSPS) is 14.4. The van der Waals surface area contributed by atoms with Gasteiger partial charge in [0.1, 0.15) is 0 Å². The molecule has 0 radical (unpaired) electrons. The van der Waals surface area contributed by atoms with Crippen molar-refractivity contribution in [2.75, 3.05) is 5.73 Å². The van der Waals surface area contributed by atoms with E-state index >= 15 is 0 Å². The molecule has 6 heteroatoms. The van der Waals surface area contributed by atoms with Gasteiger partial charge in [-0.2, -0.15) is 0 Å². The van der Waals surface area contributed by atoms with E-state index in [9.17, 15) is 19.7 Å². The molecule has 1 aliphatic carbocycles. The lowest BCUT2D eigenvalue weighted by Gasteiger charge is -2.15. The Morgan fingerprint density at radius 3 is 2.45 bits per heavy atom. The average molecular weight is 272 g/mol. The van der Waals surface area contributed by atoms with Crippen LogP contribution in [0.1, 0.15) is 16.7 Å². The number of hydrogen-bond acceptors (Lipinski definition) is 5. The van der Waals surface area contributed by atoms with Crippen LogP contribution in [0.25, 0.3) is 5.57 Å². The Hall–Kier alpha value is -2.76. The van der Waals surface area contributed by atoms with Gasteiger partial charge in [0.05, 0.1) is 4.92 Å². The first-order valence-corrected chi connectivity index (χ1v) is 5.85. The van der Waals surface area contributed by atoms with Crippen molar-refractivity contribution in [3.8, 4) is 0 Å². The lowest BCUT2D eigenvalue weighted by atomic mass is 9.89. The number of benzene rings is 1. The number of nitrogen functional groups attached to an aromatic ring is 1. The minimum atomic E-state index is -0.531. The zero-order valence-corrected chi connectivity index (χ0v) is 11.0. The number of carbonyl (C=O) groups excluding carboxylic acids is 2. The summed E-state index contributed by atoms with van der Waals surface area (Å²) in [5.41, 5.74) is 7.22. The second kappa shape index (κ2) is 4.73. The summed E-state index contributed by atoms with van der Waals surface area (Å²) in [6.45, 7) is 3.14. The van der Waals surface area contributed by atoms with Gasteiger partial charge in [-0.15, -0.1) is 0 Å². The Morgan fingerprint density at radius 2 is 1.85 bits per heavy atom. The third kappa shape index (κ3) is 2.11. The lowest BCUT2D eigenvalue weighted by Crippen LogP contribution is -2.11. The van der Waals surface area contributed by atoms with Crippen LogP contribution in [0.2, 0.25) is 0 Å². The quantitative estimate of drug-likeness (QED) is 0.383. The molecule has 1 aromatic rings. The van der Waals surface area contributed by atoms with E-state index < -0.39 is 4.92 Å². The van der Waals surface area contributed by atoms with Gasteiger partial charge in [0, 0.05) is 28.5 Å². The molecule has 0 heterocycles.